The third kappa shape index (κ3) is 3.78. The molecule has 1 heterocycles. The zero-order chi connectivity index (χ0) is 14.5. The molecule has 1 unspecified atom stereocenters. The summed E-state index contributed by atoms with van der Waals surface area (Å²) in [6.07, 6.45) is 4.03. The molecule has 0 radical (unpaired) electrons. The lowest BCUT2D eigenvalue weighted by Gasteiger charge is -2.19. The molecule has 5 heteroatoms. The number of nitrogens with one attached hydrogen (secondary N) is 1. The largest absolute Gasteiger partial charge is 0.310 e. The van der Waals surface area contributed by atoms with Gasteiger partial charge >= 0.3 is 0 Å². The molecule has 0 saturated carbocycles. The summed E-state index contributed by atoms with van der Waals surface area (Å²) in [4.78, 5) is 3.98. The summed E-state index contributed by atoms with van der Waals surface area (Å²) in [6.45, 7) is 2.82. The van der Waals surface area contributed by atoms with Gasteiger partial charge in [0.2, 0.25) is 0 Å². The number of halogens is 3. The quantitative estimate of drug-likeness (QED) is 0.850. The van der Waals surface area contributed by atoms with E-state index in [4.69, 9.17) is 11.6 Å². The molecule has 20 heavy (non-hydrogen) atoms. The minimum atomic E-state index is -0.258. The molecule has 1 atom stereocenters. The van der Waals surface area contributed by atoms with Crippen molar-refractivity contribution in [3.63, 3.8) is 0 Å². The molecule has 1 N–H and O–H groups in total. The number of likely N-dealkylation sites (N-methyl/N-ethyl adjacent to an activating group) is 1. The average Bonchev–Trinajstić information content (AvgIpc) is 2.44. The van der Waals surface area contributed by atoms with Crippen LogP contribution in [-0.2, 0) is 6.42 Å². The Morgan fingerprint density at radius 2 is 2.20 bits per heavy atom. The van der Waals surface area contributed by atoms with Crippen molar-refractivity contribution in [1.82, 2.24) is 10.3 Å². The normalized spacial score (nSPS) is 12.4. The molecule has 106 valence electrons. The first-order valence-electron chi connectivity index (χ1n) is 6.38. The predicted molar refractivity (Wildman–Crippen MR) is 83.5 cm³/mol. The summed E-state index contributed by atoms with van der Waals surface area (Å²) in [5.74, 6) is -0.258. The van der Waals surface area contributed by atoms with Crippen LogP contribution >= 0.6 is 27.5 Å². The van der Waals surface area contributed by atoms with Gasteiger partial charge in [0.1, 0.15) is 5.82 Å². The van der Waals surface area contributed by atoms with Crippen molar-refractivity contribution < 1.29 is 4.39 Å². The maximum atomic E-state index is 13.7. The molecule has 0 spiro atoms. The van der Waals surface area contributed by atoms with Gasteiger partial charge in [0, 0.05) is 18.4 Å². The molecule has 0 saturated heterocycles. The van der Waals surface area contributed by atoms with E-state index < -0.39 is 0 Å². The molecule has 0 bridgehead atoms. The van der Waals surface area contributed by atoms with E-state index >= 15 is 0 Å². The third-order valence-corrected chi connectivity index (χ3v) is 4.06. The van der Waals surface area contributed by atoms with Gasteiger partial charge < -0.3 is 5.32 Å². The van der Waals surface area contributed by atoms with E-state index in [1.807, 2.05) is 19.1 Å². The van der Waals surface area contributed by atoms with Crippen LogP contribution in [0.5, 0.6) is 0 Å². The number of nitrogens with zero attached hydrogens (tertiary/aromatic N) is 1. The van der Waals surface area contributed by atoms with Crippen LogP contribution in [-0.4, -0.2) is 11.5 Å². The van der Waals surface area contributed by atoms with Crippen LogP contribution < -0.4 is 5.32 Å². The number of rotatable bonds is 5. The summed E-state index contributed by atoms with van der Waals surface area (Å²) in [5, 5.41) is 3.99. The topological polar surface area (TPSA) is 24.9 Å². The number of hydrogen-bond donors (Lipinski definition) is 1. The van der Waals surface area contributed by atoms with Crippen LogP contribution in [0.4, 0.5) is 4.39 Å². The van der Waals surface area contributed by atoms with Crippen molar-refractivity contribution in [2.45, 2.75) is 19.4 Å². The molecule has 2 nitrogen and oxygen atoms in total. The van der Waals surface area contributed by atoms with Gasteiger partial charge in [-0.3, -0.25) is 4.98 Å². The van der Waals surface area contributed by atoms with Gasteiger partial charge in [-0.15, -0.1) is 0 Å². The van der Waals surface area contributed by atoms with Gasteiger partial charge in [-0.2, -0.15) is 0 Å². The van der Waals surface area contributed by atoms with E-state index in [1.54, 1.807) is 24.5 Å². The van der Waals surface area contributed by atoms with Crippen molar-refractivity contribution in [2.24, 2.45) is 0 Å². The summed E-state index contributed by atoms with van der Waals surface area (Å²) in [7, 11) is 0. The molecule has 1 aromatic carbocycles. The van der Waals surface area contributed by atoms with Crippen molar-refractivity contribution in [2.75, 3.05) is 6.54 Å². The Labute approximate surface area is 131 Å². The second-order valence-electron chi connectivity index (χ2n) is 4.46. The second-order valence-corrected chi connectivity index (χ2v) is 5.72. The van der Waals surface area contributed by atoms with Crippen molar-refractivity contribution in [3.05, 3.63) is 63.1 Å². The Bertz CT molecular complexity index is 592. The van der Waals surface area contributed by atoms with Crippen LogP contribution in [0.25, 0.3) is 0 Å². The molecule has 0 aliphatic carbocycles. The minimum Gasteiger partial charge on any atom is -0.310 e. The smallest absolute Gasteiger partial charge is 0.137 e. The highest BCUT2D eigenvalue weighted by atomic mass is 79.9. The fourth-order valence-corrected chi connectivity index (χ4v) is 2.52. The van der Waals surface area contributed by atoms with Crippen LogP contribution in [0.15, 0.2) is 41.1 Å². The highest BCUT2D eigenvalue weighted by Gasteiger charge is 2.14. The van der Waals surface area contributed by atoms with Crippen LogP contribution in [0.2, 0.25) is 5.02 Å². The molecule has 0 aliphatic heterocycles. The lowest BCUT2D eigenvalue weighted by atomic mass is 9.99. The summed E-state index contributed by atoms with van der Waals surface area (Å²) >= 11 is 9.31. The van der Waals surface area contributed by atoms with Crippen molar-refractivity contribution >= 4 is 27.5 Å². The Morgan fingerprint density at radius 1 is 1.40 bits per heavy atom. The van der Waals surface area contributed by atoms with E-state index in [0.29, 0.717) is 15.9 Å². The summed E-state index contributed by atoms with van der Waals surface area (Å²) in [5.41, 5.74) is 1.90. The lowest BCUT2D eigenvalue weighted by Crippen LogP contribution is -2.23. The Hall–Kier alpha value is -0.970. The predicted octanol–water partition coefficient (Wildman–Crippen LogP) is 4.53. The molecule has 1 aromatic heterocycles. The van der Waals surface area contributed by atoms with Gasteiger partial charge in [0.05, 0.1) is 9.50 Å². The van der Waals surface area contributed by atoms with Crippen LogP contribution in [0.3, 0.4) is 0 Å². The first kappa shape index (κ1) is 15.4. The first-order valence-corrected chi connectivity index (χ1v) is 7.55. The van der Waals surface area contributed by atoms with Gasteiger partial charge in [-0.1, -0.05) is 24.6 Å². The number of pyridine rings is 1. The maximum absolute atomic E-state index is 13.7. The minimum absolute atomic E-state index is 0.0162. The molecule has 2 rings (SSSR count). The Kier molecular flexibility index (Phi) is 5.52. The molecule has 0 aliphatic rings. The molecular weight excluding hydrogens is 343 g/mol. The molecule has 0 amide bonds. The van der Waals surface area contributed by atoms with E-state index in [0.717, 1.165) is 17.7 Å². The van der Waals surface area contributed by atoms with Crippen molar-refractivity contribution in [1.29, 1.82) is 0 Å². The Balaban J connectivity index is 2.27. The zero-order valence-electron chi connectivity index (χ0n) is 11.0. The number of aromatic nitrogens is 1. The Morgan fingerprint density at radius 3 is 2.85 bits per heavy atom. The standard InChI is InChI=1S/C15H15BrClFN2/c1-2-20-15(8-10-5-6-19-9-13(10)17)11-3-4-12(16)14(18)7-11/h3-7,9,15,20H,2,8H2,1H3. The number of hydrogen-bond acceptors (Lipinski definition) is 2. The summed E-state index contributed by atoms with van der Waals surface area (Å²) < 4.78 is 14.2. The van der Waals surface area contributed by atoms with E-state index in [2.05, 4.69) is 26.2 Å². The highest BCUT2D eigenvalue weighted by Crippen LogP contribution is 2.25. The molecule has 0 fully saturated rings. The fraction of sp³-hybridized carbons (Fsp3) is 0.267. The first-order chi connectivity index (χ1) is 9.61. The monoisotopic (exact) mass is 356 g/mol. The fourth-order valence-electron chi connectivity index (χ4n) is 2.07. The van der Waals surface area contributed by atoms with Gasteiger partial charge in [0.15, 0.2) is 0 Å². The maximum Gasteiger partial charge on any atom is 0.137 e. The SMILES string of the molecule is CCNC(Cc1ccncc1Cl)c1ccc(Br)c(F)c1. The van der Waals surface area contributed by atoms with E-state index in [9.17, 15) is 4.39 Å². The third-order valence-electron chi connectivity index (χ3n) is 3.08. The highest BCUT2D eigenvalue weighted by molar-refractivity contribution is 9.10. The number of benzene rings is 1. The van der Waals surface area contributed by atoms with Gasteiger partial charge in [-0.25, -0.2) is 4.39 Å². The second kappa shape index (κ2) is 7.16. The van der Waals surface area contributed by atoms with E-state index in [-0.39, 0.29) is 11.9 Å². The average molecular weight is 358 g/mol. The van der Waals surface area contributed by atoms with Crippen LogP contribution in [0.1, 0.15) is 24.1 Å². The molecule has 2 aromatic rings. The van der Waals surface area contributed by atoms with Crippen LogP contribution in [0, 0.1) is 5.82 Å². The van der Waals surface area contributed by atoms with E-state index in [1.165, 1.54) is 0 Å². The lowest BCUT2D eigenvalue weighted by molar-refractivity contribution is 0.541. The summed E-state index contributed by atoms with van der Waals surface area (Å²) in [6, 6.07) is 7.09. The zero-order valence-corrected chi connectivity index (χ0v) is 13.4. The van der Waals surface area contributed by atoms with Crippen molar-refractivity contribution in [3.8, 4) is 0 Å². The molecular formula is C15H15BrClFN2. The van der Waals surface area contributed by atoms with Gasteiger partial charge in [-0.05, 0) is 58.2 Å². The van der Waals surface area contributed by atoms with Gasteiger partial charge in [0.25, 0.3) is 0 Å².